The van der Waals surface area contributed by atoms with E-state index in [1.54, 1.807) is 19.1 Å². The number of hydrogen-bond donors (Lipinski definition) is 1. The molecule has 0 fully saturated rings. The van der Waals surface area contributed by atoms with Crippen molar-refractivity contribution >= 4 is 15.9 Å². The van der Waals surface area contributed by atoms with Crippen molar-refractivity contribution < 1.29 is 4.39 Å². The third-order valence-electron chi connectivity index (χ3n) is 2.19. The minimum atomic E-state index is -0.275. The Morgan fingerprint density at radius 1 is 1.44 bits per heavy atom. The van der Waals surface area contributed by atoms with Crippen LogP contribution in [0.2, 0.25) is 0 Å². The second-order valence-corrected chi connectivity index (χ2v) is 4.23. The molecule has 1 heterocycles. The molecule has 1 aromatic heterocycles. The van der Waals surface area contributed by atoms with Crippen molar-refractivity contribution in [1.29, 1.82) is 0 Å². The van der Waals surface area contributed by atoms with Crippen LogP contribution in [0.1, 0.15) is 5.56 Å². The lowest BCUT2D eigenvalue weighted by Crippen LogP contribution is -2.08. The average molecular weight is 283 g/mol. The lowest BCUT2D eigenvalue weighted by atomic mass is 10.1. The molecular weight excluding hydrogens is 275 g/mol. The summed E-state index contributed by atoms with van der Waals surface area (Å²) in [5, 5.41) is 0. The molecule has 1 aromatic carbocycles. The van der Waals surface area contributed by atoms with E-state index in [9.17, 15) is 9.18 Å². The number of hydrogen-bond acceptors (Lipinski definition) is 2. The molecule has 0 spiro atoms. The second kappa shape index (κ2) is 4.17. The van der Waals surface area contributed by atoms with E-state index in [4.69, 9.17) is 0 Å². The van der Waals surface area contributed by atoms with Crippen molar-refractivity contribution in [2.24, 2.45) is 0 Å². The average Bonchev–Trinajstić information content (AvgIpc) is 2.26. The molecule has 0 aliphatic rings. The summed E-state index contributed by atoms with van der Waals surface area (Å²) in [5.74, 6) is 0.152. The van der Waals surface area contributed by atoms with Gasteiger partial charge in [0.1, 0.15) is 16.1 Å². The van der Waals surface area contributed by atoms with Gasteiger partial charge in [-0.15, -0.1) is 0 Å². The van der Waals surface area contributed by atoms with Gasteiger partial charge < -0.3 is 4.98 Å². The maximum Gasteiger partial charge on any atom is 0.265 e. The van der Waals surface area contributed by atoms with Gasteiger partial charge in [0.05, 0.1) is 0 Å². The summed E-state index contributed by atoms with van der Waals surface area (Å²) in [7, 11) is 0. The third-order valence-corrected chi connectivity index (χ3v) is 2.75. The van der Waals surface area contributed by atoms with E-state index in [2.05, 4.69) is 25.9 Å². The maximum absolute atomic E-state index is 13.1. The highest BCUT2D eigenvalue weighted by Crippen LogP contribution is 2.17. The molecule has 2 aromatic rings. The Labute approximate surface area is 99.5 Å². The molecule has 2 rings (SSSR count). The molecule has 0 amide bonds. The minimum Gasteiger partial charge on any atom is -0.306 e. The predicted octanol–water partition coefficient (Wildman–Crippen LogP) is 2.65. The summed E-state index contributed by atoms with van der Waals surface area (Å²) in [6.07, 6.45) is 1.42. The number of aromatic nitrogens is 2. The molecule has 3 nitrogen and oxygen atoms in total. The fourth-order valence-electron chi connectivity index (χ4n) is 1.32. The number of H-pyrrole nitrogens is 1. The van der Waals surface area contributed by atoms with Crippen LogP contribution in [0, 0.1) is 12.7 Å². The molecule has 82 valence electrons. The van der Waals surface area contributed by atoms with Crippen molar-refractivity contribution in [3.63, 3.8) is 0 Å². The molecule has 5 heteroatoms. The van der Waals surface area contributed by atoms with Gasteiger partial charge in [0.15, 0.2) is 0 Å². The first-order valence-corrected chi connectivity index (χ1v) is 5.38. The van der Waals surface area contributed by atoms with Crippen molar-refractivity contribution in [3.8, 4) is 11.4 Å². The Balaban J connectivity index is 2.55. The monoisotopic (exact) mass is 282 g/mol. The summed E-state index contributed by atoms with van der Waals surface area (Å²) in [6.45, 7) is 1.66. The molecule has 0 aliphatic carbocycles. The van der Waals surface area contributed by atoms with Crippen molar-refractivity contribution in [2.75, 3.05) is 0 Å². The van der Waals surface area contributed by atoms with Crippen LogP contribution in [0.25, 0.3) is 11.4 Å². The van der Waals surface area contributed by atoms with Crippen LogP contribution in [0.4, 0.5) is 4.39 Å². The summed E-state index contributed by atoms with van der Waals surface area (Å²) < 4.78 is 13.4. The van der Waals surface area contributed by atoms with Gasteiger partial charge in [-0.25, -0.2) is 9.37 Å². The quantitative estimate of drug-likeness (QED) is 0.874. The van der Waals surface area contributed by atoms with E-state index in [-0.39, 0.29) is 11.4 Å². The van der Waals surface area contributed by atoms with E-state index in [0.29, 0.717) is 21.4 Å². The largest absolute Gasteiger partial charge is 0.306 e. The van der Waals surface area contributed by atoms with Gasteiger partial charge in [0.25, 0.3) is 5.56 Å². The van der Waals surface area contributed by atoms with Crippen LogP contribution in [0.5, 0.6) is 0 Å². The van der Waals surface area contributed by atoms with Gasteiger partial charge in [-0.1, -0.05) is 0 Å². The molecule has 0 saturated carbocycles. The normalized spacial score (nSPS) is 10.4. The van der Waals surface area contributed by atoms with Crippen LogP contribution in [0.3, 0.4) is 0 Å². The van der Waals surface area contributed by atoms with Gasteiger partial charge in [0.2, 0.25) is 0 Å². The van der Waals surface area contributed by atoms with Gasteiger partial charge in [-0.3, -0.25) is 4.79 Å². The number of rotatable bonds is 1. The van der Waals surface area contributed by atoms with E-state index in [1.807, 2.05) is 0 Å². The van der Waals surface area contributed by atoms with Crippen molar-refractivity contribution in [2.45, 2.75) is 6.92 Å². The van der Waals surface area contributed by atoms with Gasteiger partial charge in [-0.2, -0.15) is 0 Å². The van der Waals surface area contributed by atoms with Gasteiger partial charge in [0, 0.05) is 11.8 Å². The summed E-state index contributed by atoms with van der Waals surface area (Å²) >= 11 is 3.06. The van der Waals surface area contributed by atoms with E-state index < -0.39 is 0 Å². The Morgan fingerprint density at radius 2 is 2.19 bits per heavy atom. The number of halogens is 2. The fourth-order valence-corrected chi connectivity index (χ4v) is 1.52. The van der Waals surface area contributed by atoms with E-state index in [0.717, 1.165) is 0 Å². The molecule has 0 saturated heterocycles. The number of aromatic amines is 1. The first-order chi connectivity index (χ1) is 7.58. The maximum atomic E-state index is 13.1. The molecule has 0 unspecified atom stereocenters. The van der Waals surface area contributed by atoms with E-state index >= 15 is 0 Å². The van der Waals surface area contributed by atoms with Crippen LogP contribution < -0.4 is 5.56 Å². The lowest BCUT2D eigenvalue weighted by Gasteiger charge is -2.02. The third kappa shape index (κ3) is 2.04. The zero-order chi connectivity index (χ0) is 11.7. The highest BCUT2D eigenvalue weighted by molar-refractivity contribution is 9.10. The summed E-state index contributed by atoms with van der Waals surface area (Å²) in [6, 6.07) is 4.57. The first-order valence-electron chi connectivity index (χ1n) is 4.59. The predicted molar refractivity (Wildman–Crippen MR) is 62.7 cm³/mol. The topological polar surface area (TPSA) is 45.8 Å². The number of nitrogens with zero attached hydrogens (tertiary/aromatic N) is 1. The number of aryl methyl sites for hydroxylation is 1. The fraction of sp³-hybridized carbons (Fsp3) is 0.0909. The van der Waals surface area contributed by atoms with Crippen molar-refractivity contribution in [1.82, 2.24) is 9.97 Å². The van der Waals surface area contributed by atoms with Crippen molar-refractivity contribution in [3.05, 3.63) is 50.6 Å². The molecule has 0 bridgehead atoms. The highest BCUT2D eigenvalue weighted by atomic mass is 79.9. The second-order valence-electron chi connectivity index (χ2n) is 3.37. The standard InChI is InChI=1S/C11H8BrFN2O/c1-6-4-7(2-3-9(6)13)10-14-5-8(12)11(16)15-10/h2-5H,1H3,(H,14,15,16). The Morgan fingerprint density at radius 3 is 2.81 bits per heavy atom. The van der Waals surface area contributed by atoms with Crippen LogP contribution >= 0.6 is 15.9 Å². The zero-order valence-corrected chi connectivity index (χ0v) is 10.0. The Hall–Kier alpha value is -1.49. The SMILES string of the molecule is Cc1cc(-c2ncc(Br)c(=O)[nH]2)ccc1F. The van der Waals surface area contributed by atoms with Crippen LogP contribution in [0.15, 0.2) is 33.7 Å². The van der Waals surface area contributed by atoms with Crippen LogP contribution in [-0.4, -0.2) is 9.97 Å². The number of nitrogens with one attached hydrogen (secondary N) is 1. The summed E-state index contributed by atoms with van der Waals surface area (Å²) in [4.78, 5) is 18.0. The molecule has 1 N–H and O–H groups in total. The zero-order valence-electron chi connectivity index (χ0n) is 8.42. The van der Waals surface area contributed by atoms with Crippen LogP contribution in [-0.2, 0) is 0 Å². The molecule has 16 heavy (non-hydrogen) atoms. The first kappa shape index (κ1) is 11.0. The molecule has 0 radical (unpaired) electrons. The lowest BCUT2D eigenvalue weighted by molar-refractivity contribution is 0.618. The van der Waals surface area contributed by atoms with E-state index in [1.165, 1.54) is 12.3 Å². The minimum absolute atomic E-state index is 0.257. The van der Waals surface area contributed by atoms with Gasteiger partial charge in [-0.05, 0) is 46.6 Å². The summed E-state index contributed by atoms with van der Waals surface area (Å²) in [5.41, 5.74) is 0.943. The smallest absolute Gasteiger partial charge is 0.265 e. The Bertz CT molecular complexity index is 595. The molecule has 0 atom stereocenters. The number of benzene rings is 1. The molecular formula is C11H8BrFN2O. The molecule has 0 aliphatic heterocycles. The Kier molecular flexibility index (Phi) is 2.87. The highest BCUT2D eigenvalue weighted by Gasteiger charge is 2.05. The van der Waals surface area contributed by atoms with Gasteiger partial charge >= 0.3 is 0 Å².